The third-order valence-electron chi connectivity index (χ3n) is 1.92. The molecule has 0 radical (unpaired) electrons. The summed E-state index contributed by atoms with van der Waals surface area (Å²) in [6.07, 6.45) is 2.08. The van der Waals surface area contributed by atoms with Crippen LogP contribution in [-0.2, 0) is 9.53 Å². The minimum atomic E-state index is -0.419. The molecule has 17 heavy (non-hydrogen) atoms. The molecule has 0 N–H and O–H groups in total. The topological polar surface area (TPSA) is 26.3 Å². The summed E-state index contributed by atoms with van der Waals surface area (Å²) in [7, 11) is 0. The van der Waals surface area contributed by atoms with Crippen LogP contribution in [0.5, 0.6) is 0 Å². The average Bonchev–Trinajstić information content (AvgIpc) is 2.27. The van der Waals surface area contributed by atoms with E-state index < -0.39 is 5.97 Å². The Bertz CT molecular complexity index is 447. The predicted molar refractivity (Wildman–Crippen MR) is 70.8 cm³/mol. The second-order valence-electron chi connectivity index (χ2n) is 3.33. The van der Waals surface area contributed by atoms with Crippen molar-refractivity contribution >= 4 is 34.9 Å². The fraction of sp³-hybridized carbons (Fsp3) is 0.154. The summed E-state index contributed by atoms with van der Waals surface area (Å²) in [5.74, 6) is -0.0760. The Morgan fingerprint density at radius 2 is 2.00 bits per heavy atom. The summed E-state index contributed by atoms with van der Waals surface area (Å²) in [5, 5.41) is 1.04. The monoisotopic (exact) mass is 270 g/mol. The zero-order valence-electron chi connectivity index (χ0n) is 9.37. The Kier molecular flexibility index (Phi) is 5.26. The van der Waals surface area contributed by atoms with Gasteiger partial charge in [0.05, 0.1) is 5.03 Å². The summed E-state index contributed by atoms with van der Waals surface area (Å²) in [6.45, 7) is 4.92. The highest BCUT2D eigenvalue weighted by atomic mass is 35.5. The van der Waals surface area contributed by atoms with Crippen LogP contribution in [-0.4, -0.2) is 5.97 Å². The lowest BCUT2D eigenvalue weighted by molar-refractivity contribution is -0.134. The van der Waals surface area contributed by atoms with E-state index in [1.165, 1.54) is 6.92 Å². The second kappa shape index (κ2) is 6.48. The molecule has 1 aromatic carbocycles. The molecule has 1 aromatic rings. The van der Waals surface area contributed by atoms with Gasteiger partial charge < -0.3 is 4.74 Å². The molecule has 0 aromatic heterocycles. The summed E-state index contributed by atoms with van der Waals surface area (Å²) < 4.78 is 5.11. The minimum Gasteiger partial charge on any atom is -0.425 e. The lowest BCUT2D eigenvalue weighted by atomic mass is 10.1. The molecule has 0 aliphatic rings. The number of allylic oxidation sites excluding steroid dienone is 2. The van der Waals surface area contributed by atoms with E-state index in [0.717, 1.165) is 0 Å². The maximum absolute atomic E-state index is 11.0. The molecule has 1 rings (SSSR count). The van der Waals surface area contributed by atoms with Crippen molar-refractivity contribution in [2.24, 2.45) is 0 Å². The Hall–Kier alpha value is -1.25. The van der Waals surface area contributed by atoms with Crippen molar-refractivity contribution in [2.75, 3.05) is 0 Å². The number of esters is 1. The first-order chi connectivity index (χ1) is 8.04. The third-order valence-corrected chi connectivity index (χ3v) is 2.50. The maximum Gasteiger partial charge on any atom is 0.308 e. The first kappa shape index (κ1) is 13.8. The molecule has 0 aliphatic carbocycles. The van der Waals surface area contributed by atoms with E-state index in [0.29, 0.717) is 27.8 Å². The van der Waals surface area contributed by atoms with Gasteiger partial charge in [-0.1, -0.05) is 29.3 Å². The zero-order valence-corrected chi connectivity index (χ0v) is 10.9. The van der Waals surface area contributed by atoms with Crippen LogP contribution in [0.1, 0.15) is 18.9 Å². The van der Waals surface area contributed by atoms with Crippen LogP contribution in [0.3, 0.4) is 0 Å². The second-order valence-corrected chi connectivity index (χ2v) is 4.22. The number of halogens is 2. The molecule has 0 heterocycles. The highest BCUT2D eigenvalue weighted by Gasteiger charge is 2.11. The number of benzene rings is 1. The number of hydrogen-bond donors (Lipinski definition) is 0. The van der Waals surface area contributed by atoms with Crippen LogP contribution in [0, 0.1) is 0 Å². The quantitative estimate of drug-likeness (QED) is 0.461. The highest BCUT2D eigenvalue weighted by molar-refractivity contribution is 6.32. The van der Waals surface area contributed by atoms with Gasteiger partial charge in [-0.15, -0.1) is 6.58 Å². The van der Waals surface area contributed by atoms with Crippen molar-refractivity contribution < 1.29 is 9.53 Å². The van der Waals surface area contributed by atoms with Crippen LogP contribution < -0.4 is 0 Å². The van der Waals surface area contributed by atoms with Gasteiger partial charge in [-0.05, 0) is 24.3 Å². The first-order valence-corrected chi connectivity index (χ1v) is 5.74. The van der Waals surface area contributed by atoms with Crippen molar-refractivity contribution in [1.29, 1.82) is 0 Å². The van der Waals surface area contributed by atoms with Crippen LogP contribution in [0.15, 0.2) is 42.0 Å². The Morgan fingerprint density at radius 1 is 1.41 bits per heavy atom. The normalized spacial score (nSPS) is 11.7. The van der Waals surface area contributed by atoms with Gasteiger partial charge in [-0.3, -0.25) is 4.79 Å². The molecule has 90 valence electrons. The number of hydrogen-bond acceptors (Lipinski definition) is 2. The fourth-order valence-electron chi connectivity index (χ4n) is 1.24. The molecule has 0 saturated carbocycles. The largest absolute Gasteiger partial charge is 0.425 e. The van der Waals surface area contributed by atoms with E-state index in [9.17, 15) is 4.79 Å². The summed E-state index contributed by atoms with van der Waals surface area (Å²) in [5.41, 5.74) is 0.705. The van der Waals surface area contributed by atoms with Gasteiger partial charge in [-0.25, -0.2) is 0 Å². The van der Waals surface area contributed by atoms with Crippen molar-refractivity contribution in [1.82, 2.24) is 0 Å². The summed E-state index contributed by atoms with van der Waals surface area (Å²) in [6, 6.07) is 6.90. The molecule has 0 saturated heterocycles. The number of carbonyl (C=O) groups excluding carboxylic acids is 1. The maximum atomic E-state index is 11.0. The molecule has 0 fully saturated rings. The molecule has 0 spiro atoms. The van der Waals surface area contributed by atoms with Crippen LogP contribution in [0.4, 0.5) is 0 Å². The minimum absolute atomic E-state index is 0.343. The average molecular weight is 271 g/mol. The first-order valence-electron chi connectivity index (χ1n) is 4.98. The van der Waals surface area contributed by atoms with Crippen molar-refractivity contribution in [2.45, 2.75) is 13.3 Å². The van der Waals surface area contributed by atoms with E-state index in [1.807, 2.05) is 0 Å². The van der Waals surface area contributed by atoms with E-state index in [-0.39, 0.29) is 0 Å². The summed E-state index contributed by atoms with van der Waals surface area (Å²) >= 11 is 11.9. The SMILES string of the molecule is C=CC/C(Cl)=C(/OC(C)=O)c1ccc(Cl)cc1. The number of ether oxygens (including phenoxy) is 1. The van der Waals surface area contributed by atoms with Gasteiger partial charge in [0.25, 0.3) is 0 Å². The lowest BCUT2D eigenvalue weighted by Gasteiger charge is -2.09. The van der Waals surface area contributed by atoms with Gasteiger partial charge in [-0.2, -0.15) is 0 Å². The van der Waals surface area contributed by atoms with E-state index in [4.69, 9.17) is 27.9 Å². The number of carbonyl (C=O) groups is 1. The lowest BCUT2D eigenvalue weighted by Crippen LogP contribution is -2.00. The van der Waals surface area contributed by atoms with Crippen LogP contribution >= 0.6 is 23.2 Å². The highest BCUT2D eigenvalue weighted by Crippen LogP contribution is 2.26. The van der Waals surface area contributed by atoms with Gasteiger partial charge in [0.1, 0.15) is 0 Å². The van der Waals surface area contributed by atoms with Crippen LogP contribution in [0.2, 0.25) is 5.02 Å². The van der Waals surface area contributed by atoms with Gasteiger partial charge in [0.2, 0.25) is 0 Å². The predicted octanol–water partition coefficient (Wildman–Crippen LogP) is 4.39. The molecule has 0 amide bonds. The molecule has 0 unspecified atom stereocenters. The molecule has 0 bridgehead atoms. The third kappa shape index (κ3) is 4.25. The molecule has 0 atom stereocenters. The van der Waals surface area contributed by atoms with E-state index in [1.54, 1.807) is 30.3 Å². The smallest absolute Gasteiger partial charge is 0.308 e. The van der Waals surface area contributed by atoms with E-state index in [2.05, 4.69) is 6.58 Å². The zero-order chi connectivity index (χ0) is 12.8. The van der Waals surface area contributed by atoms with Crippen molar-refractivity contribution in [3.63, 3.8) is 0 Å². The van der Waals surface area contributed by atoms with E-state index >= 15 is 0 Å². The van der Waals surface area contributed by atoms with Crippen LogP contribution in [0.25, 0.3) is 5.76 Å². The standard InChI is InChI=1S/C13H12Cl2O2/c1-3-4-12(15)13(17-9(2)16)10-5-7-11(14)8-6-10/h3,5-8H,1,4H2,2H3/b13-12-. The Labute approximate surface area is 110 Å². The molecule has 4 heteroatoms. The summed E-state index contributed by atoms with van der Waals surface area (Å²) in [4.78, 5) is 11.0. The van der Waals surface area contributed by atoms with Crippen molar-refractivity contribution in [3.05, 3.63) is 52.5 Å². The number of rotatable bonds is 4. The Morgan fingerprint density at radius 3 is 2.47 bits per heavy atom. The molecular weight excluding hydrogens is 259 g/mol. The Balaban J connectivity index is 3.14. The fourth-order valence-corrected chi connectivity index (χ4v) is 1.62. The molecule has 0 aliphatic heterocycles. The molecular formula is C13H12Cl2O2. The van der Waals surface area contributed by atoms with Gasteiger partial charge in [0, 0.05) is 23.9 Å². The molecule has 2 nitrogen and oxygen atoms in total. The van der Waals surface area contributed by atoms with Gasteiger partial charge in [0.15, 0.2) is 5.76 Å². The van der Waals surface area contributed by atoms with Gasteiger partial charge >= 0.3 is 5.97 Å². The van der Waals surface area contributed by atoms with Crippen molar-refractivity contribution in [3.8, 4) is 0 Å².